The van der Waals surface area contributed by atoms with Crippen LogP contribution in [-0.2, 0) is 11.0 Å². The Hall–Kier alpha value is -3.20. The summed E-state index contributed by atoms with van der Waals surface area (Å²) in [6.07, 6.45) is -1.68. The van der Waals surface area contributed by atoms with Crippen LogP contribution in [-0.4, -0.2) is 50.7 Å². The maximum Gasteiger partial charge on any atom is 0.433 e. The molecule has 1 amide bonds. The molecule has 0 atom stereocenters. The molecule has 1 N–H and O–H groups in total. The summed E-state index contributed by atoms with van der Waals surface area (Å²) in [5.74, 6) is 0.422. The number of pyridine rings is 1. The molecule has 0 radical (unpaired) electrons. The number of carbonyl (C=O) groups excluding carboxylic acids is 1. The summed E-state index contributed by atoms with van der Waals surface area (Å²) in [6, 6.07) is 13.3. The Morgan fingerprint density at radius 3 is 2.49 bits per heavy atom. The van der Waals surface area contributed by atoms with Gasteiger partial charge < -0.3 is 19.9 Å². The van der Waals surface area contributed by atoms with Gasteiger partial charge in [0, 0.05) is 61.1 Å². The molecule has 0 saturated heterocycles. The molecule has 1 heterocycles. The molecule has 1 aliphatic carbocycles. The van der Waals surface area contributed by atoms with E-state index in [-0.39, 0.29) is 30.1 Å². The van der Waals surface area contributed by atoms with Crippen LogP contribution in [0.25, 0.3) is 10.9 Å². The molecule has 0 bridgehead atoms. The lowest BCUT2D eigenvalue weighted by Gasteiger charge is -2.37. The number of carbonyl (C=O) groups is 1. The maximum absolute atomic E-state index is 13.5. The zero-order chi connectivity index (χ0) is 26.7. The van der Waals surface area contributed by atoms with E-state index >= 15 is 0 Å². The third kappa shape index (κ3) is 6.57. The van der Waals surface area contributed by atoms with Gasteiger partial charge in [-0.05, 0) is 62.1 Å². The number of nitrogens with zero attached hydrogens (tertiary/aromatic N) is 3. The zero-order valence-electron chi connectivity index (χ0n) is 21.0. The number of benzene rings is 2. The van der Waals surface area contributed by atoms with E-state index in [9.17, 15) is 18.0 Å². The predicted octanol–water partition coefficient (Wildman–Crippen LogP) is 5.92. The summed E-state index contributed by atoms with van der Waals surface area (Å²) >= 11 is 6.14. The molecule has 0 unspecified atom stereocenters. The lowest BCUT2D eigenvalue weighted by atomic mass is 9.90. The van der Waals surface area contributed by atoms with Crippen LogP contribution in [0, 0.1) is 0 Å². The first-order valence-corrected chi connectivity index (χ1v) is 12.5. The van der Waals surface area contributed by atoms with Gasteiger partial charge in [-0.15, -0.1) is 0 Å². The minimum Gasteiger partial charge on any atom is -0.484 e. The minimum absolute atomic E-state index is 0.0109. The van der Waals surface area contributed by atoms with E-state index in [1.54, 1.807) is 13.1 Å². The van der Waals surface area contributed by atoms with Crippen LogP contribution < -0.4 is 19.9 Å². The highest BCUT2D eigenvalue weighted by Crippen LogP contribution is 2.37. The van der Waals surface area contributed by atoms with Crippen LogP contribution in [0.3, 0.4) is 0 Å². The first-order valence-electron chi connectivity index (χ1n) is 12.1. The smallest absolute Gasteiger partial charge is 0.433 e. The number of hydrogen-bond donors (Lipinski definition) is 1. The second-order valence-corrected chi connectivity index (χ2v) is 9.99. The van der Waals surface area contributed by atoms with Crippen molar-refractivity contribution in [1.82, 2.24) is 10.3 Å². The van der Waals surface area contributed by atoms with Crippen molar-refractivity contribution in [2.75, 3.05) is 37.5 Å². The van der Waals surface area contributed by atoms with Crippen molar-refractivity contribution in [2.45, 2.75) is 43.9 Å². The highest BCUT2D eigenvalue weighted by molar-refractivity contribution is 6.31. The number of halogens is 4. The summed E-state index contributed by atoms with van der Waals surface area (Å²) in [6.45, 7) is -0.0826. The molecule has 1 aromatic heterocycles. The summed E-state index contributed by atoms with van der Waals surface area (Å²) < 4.78 is 46.2. The number of anilines is 2. The van der Waals surface area contributed by atoms with E-state index in [1.165, 1.54) is 12.1 Å². The average molecular weight is 535 g/mol. The standard InChI is InChI=1S/C27H30ClF3N4O2/c1-34(2)20-5-4-6-21(14-20)37-16-26(36)32-18-8-10-19(11-9-18)35(3)24-15-25(27(29,30)31)33-23-12-7-17(28)13-22(23)24/h4-7,12-15,18-19H,8-11,16H2,1-3H3,(H,32,36). The molecular formula is C27H30ClF3N4O2. The number of fused-ring (bicyclic) bond motifs is 1. The molecule has 6 nitrogen and oxygen atoms in total. The third-order valence-corrected chi connectivity index (χ3v) is 6.97. The number of amides is 1. The number of hydrogen-bond acceptors (Lipinski definition) is 5. The van der Waals surface area contributed by atoms with E-state index in [0.29, 0.717) is 34.7 Å². The number of alkyl halides is 3. The zero-order valence-corrected chi connectivity index (χ0v) is 21.7. The molecule has 1 fully saturated rings. The first-order chi connectivity index (χ1) is 17.5. The first kappa shape index (κ1) is 26.9. The highest BCUT2D eigenvalue weighted by Gasteiger charge is 2.34. The minimum atomic E-state index is -4.55. The molecule has 0 spiro atoms. The Balaban J connectivity index is 1.37. The van der Waals surface area contributed by atoms with Crippen molar-refractivity contribution in [3.63, 3.8) is 0 Å². The Kier molecular flexibility index (Phi) is 8.02. The third-order valence-electron chi connectivity index (χ3n) is 6.73. The molecule has 1 aliphatic rings. The predicted molar refractivity (Wildman–Crippen MR) is 141 cm³/mol. The quantitative estimate of drug-likeness (QED) is 0.408. The second-order valence-electron chi connectivity index (χ2n) is 9.55. The molecule has 3 aromatic rings. The van der Waals surface area contributed by atoms with Gasteiger partial charge in [-0.25, -0.2) is 4.98 Å². The summed E-state index contributed by atoms with van der Waals surface area (Å²) in [5.41, 5.74) is 0.743. The van der Waals surface area contributed by atoms with Crippen LogP contribution in [0.2, 0.25) is 5.02 Å². The number of aromatic nitrogens is 1. The van der Waals surface area contributed by atoms with Gasteiger partial charge in [0.15, 0.2) is 6.61 Å². The van der Waals surface area contributed by atoms with Gasteiger partial charge in [0.05, 0.1) is 5.52 Å². The van der Waals surface area contributed by atoms with Crippen molar-refractivity contribution in [1.29, 1.82) is 0 Å². The fourth-order valence-electron chi connectivity index (χ4n) is 4.69. The Bertz CT molecular complexity index is 1260. The molecule has 37 heavy (non-hydrogen) atoms. The SMILES string of the molecule is CN(C)c1cccc(OCC(=O)NC2CCC(N(C)c3cc(C(F)(F)F)nc4ccc(Cl)cc34)CC2)c1. The number of nitrogens with one attached hydrogen (secondary N) is 1. The van der Waals surface area contributed by atoms with Crippen LogP contribution in [0.15, 0.2) is 48.5 Å². The topological polar surface area (TPSA) is 57.7 Å². The van der Waals surface area contributed by atoms with Crippen LogP contribution in [0.1, 0.15) is 31.4 Å². The Morgan fingerprint density at radius 1 is 1.08 bits per heavy atom. The van der Waals surface area contributed by atoms with Crippen molar-refractivity contribution in [3.05, 3.63) is 59.2 Å². The maximum atomic E-state index is 13.5. The van der Waals surface area contributed by atoms with Gasteiger partial charge in [0.25, 0.3) is 5.91 Å². The van der Waals surface area contributed by atoms with E-state index in [1.807, 2.05) is 48.2 Å². The lowest BCUT2D eigenvalue weighted by molar-refractivity contribution is -0.140. The normalized spacial score (nSPS) is 17.9. The van der Waals surface area contributed by atoms with Crippen LogP contribution >= 0.6 is 11.6 Å². The molecular weight excluding hydrogens is 505 g/mol. The monoisotopic (exact) mass is 534 g/mol. The van der Waals surface area contributed by atoms with Gasteiger partial charge in [0.1, 0.15) is 11.4 Å². The largest absolute Gasteiger partial charge is 0.484 e. The van der Waals surface area contributed by atoms with Crippen LogP contribution in [0.5, 0.6) is 5.75 Å². The molecule has 2 aromatic carbocycles. The fraction of sp³-hybridized carbons (Fsp3) is 0.407. The van der Waals surface area contributed by atoms with Crippen LogP contribution in [0.4, 0.5) is 24.5 Å². The Labute approximate surface area is 219 Å². The molecule has 10 heteroatoms. The Morgan fingerprint density at radius 2 is 1.81 bits per heavy atom. The molecule has 1 saturated carbocycles. The highest BCUT2D eigenvalue weighted by atomic mass is 35.5. The van der Waals surface area contributed by atoms with Gasteiger partial charge in [-0.1, -0.05) is 17.7 Å². The molecule has 4 rings (SSSR count). The van der Waals surface area contributed by atoms with E-state index in [2.05, 4.69) is 10.3 Å². The van der Waals surface area contributed by atoms with Gasteiger partial charge in [0.2, 0.25) is 0 Å². The molecule has 198 valence electrons. The van der Waals surface area contributed by atoms with Crippen molar-refractivity contribution in [2.24, 2.45) is 0 Å². The van der Waals surface area contributed by atoms with Crippen molar-refractivity contribution >= 4 is 39.8 Å². The summed E-state index contributed by atoms with van der Waals surface area (Å²) in [7, 11) is 5.66. The van der Waals surface area contributed by atoms with E-state index in [4.69, 9.17) is 16.3 Å². The summed E-state index contributed by atoms with van der Waals surface area (Å²) in [5, 5.41) is 4.04. The fourth-order valence-corrected chi connectivity index (χ4v) is 4.86. The van der Waals surface area contributed by atoms with Gasteiger partial charge in [-0.3, -0.25) is 4.79 Å². The summed E-state index contributed by atoms with van der Waals surface area (Å²) in [4.78, 5) is 20.1. The average Bonchev–Trinajstić information content (AvgIpc) is 2.86. The van der Waals surface area contributed by atoms with E-state index < -0.39 is 11.9 Å². The van der Waals surface area contributed by atoms with Crippen molar-refractivity contribution in [3.8, 4) is 5.75 Å². The number of ether oxygens (including phenoxy) is 1. The lowest BCUT2D eigenvalue weighted by Crippen LogP contribution is -2.44. The second kappa shape index (κ2) is 11.0. The molecule has 0 aliphatic heterocycles. The van der Waals surface area contributed by atoms with E-state index in [0.717, 1.165) is 24.6 Å². The van der Waals surface area contributed by atoms with Gasteiger partial charge in [-0.2, -0.15) is 13.2 Å². The number of rotatable bonds is 7. The van der Waals surface area contributed by atoms with Gasteiger partial charge >= 0.3 is 6.18 Å². The van der Waals surface area contributed by atoms with Crippen molar-refractivity contribution < 1.29 is 22.7 Å².